The molecule has 0 amide bonds. The van der Waals surface area contributed by atoms with Crippen LogP contribution in [0.1, 0.15) is 25.7 Å². The Hall–Kier alpha value is -1.62. The Bertz CT molecular complexity index is 463. The van der Waals surface area contributed by atoms with E-state index in [0.29, 0.717) is 13.0 Å². The Labute approximate surface area is 112 Å². The van der Waals surface area contributed by atoms with Crippen molar-refractivity contribution in [3.8, 4) is 0 Å². The van der Waals surface area contributed by atoms with Gasteiger partial charge in [-0.15, -0.1) is 0 Å². The zero-order valence-corrected chi connectivity index (χ0v) is 10.9. The highest BCUT2D eigenvalue weighted by Gasteiger charge is 2.17. The summed E-state index contributed by atoms with van der Waals surface area (Å²) in [5.41, 5.74) is -0.0853. The van der Waals surface area contributed by atoms with Crippen LogP contribution < -0.4 is 5.56 Å². The standard InChI is InChI=1S/C14H19NO4/c16-13-5-1-2-8-15(13)9-11-19-14(17)7-6-12-4-3-10-18-12/h1-2,5,8,12H,3-4,6-7,9-11H2. The predicted octanol–water partition coefficient (Wildman–Crippen LogP) is 1.35. The van der Waals surface area contributed by atoms with E-state index in [9.17, 15) is 9.59 Å². The molecule has 1 aliphatic heterocycles. The van der Waals surface area contributed by atoms with Crippen molar-refractivity contribution >= 4 is 5.97 Å². The van der Waals surface area contributed by atoms with Crippen molar-refractivity contribution in [2.45, 2.75) is 38.3 Å². The number of rotatable bonds is 6. The molecule has 1 fully saturated rings. The van der Waals surface area contributed by atoms with E-state index in [1.165, 1.54) is 10.6 Å². The Balaban J connectivity index is 1.63. The number of pyridine rings is 1. The lowest BCUT2D eigenvalue weighted by Gasteiger charge is -2.09. The molecule has 0 bridgehead atoms. The zero-order chi connectivity index (χ0) is 13.5. The van der Waals surface area contributed by atoms with Crippen LogP contribution in [0.5, 0.6) is 0 Å². The molecule has 2 rings (SSSR count). The van der Waals surface area contributed by atoms with Gasteiger partial charge in [0.25, 0.3) is 5.56 Å². The molecule has 1 aromatic rings. The van der Waals surface area contributed by atoms with Crippen LogP contribution in [0.4, 0.5) is 0 Å². The van der Waals surface area contributed by atoms with Crippen molar-refractivity contribution in [2.75, 3.05) is 13.2 Å². The highest BCUT2D eigenvalue weighted by Crippen LogP contribution is 2.16. The first-order valence-corrected chi connectivity index (χ1v) is 6.68. The molecule has 5 heteroatoms. The molecule has 0 radical (unpaired) electrons. The van der Waals surface area contributed by atoms with Crippen molar-refractivity contribution in [3.05, 3.63) is 34.7 Å². The first-order chi connectivity index (χ1) is 9.25. The van der Waals surface area contributed by atoms with Crippen LogP contribution in [-0.4, -0.2) is 29.9 Å². The van der Waals surface area contributed by atoms with Gasteiger partial charge in [-0.05, 0) is 25.3 Å². The summed E-state index contributed by atoms with van der Waals surface area (Å²) in [6, 6.07) is 4.95. The topological polar surface area (TPSA) is 57.5 Å². The molecule has 1 unspecified atom stereocenters. The summed E-state index contributed by atoms with van der Waals surface area (Å²) >= 11 is 0. The van der Waals surface area contributed by atoms with E-state index in [1.54, 1.807) is 18.3 Å². The van der Waals surface area contributed by atoms with E-state index >= 15 is 0 Å². The summed E-state index contributed by atoms with van der Waals surface area (Å²) in [4.78, 5) is 22.9. The number of hydrogen-bond donors (Lipinski definition) is 0. The average molecular weight is 265 g/mol. The largest absolute Gasteiger partial charge is 0.464 e. The summed E-state index contributed by atoms with van der Waals surface area (Å²) in [6.07, 6.45) is 5.12. The number of carbonyl (C=O) groups is 1. The van der Waals surface area contributed by atoms with Crippen LogP contribution in [-0.2, 0) is 20.8 Å². The maximum atomic E-state index is 11.5. The van der Waals surface area contributed by atoms with Gasteiger partial charge in [-0.1, -0.05) is 6.07 Å². The second-order valence-corrected chi connectivity index (χ2v) is 4.63. The third-order valence-corrected chi connectivity index (χ3v) is 3.19. The third kappa shape index (κ3) is 4.52. The van der Waals surface area contributed by atoms with Crippen LogP contribution in [0, 0.1) is 0 Å². The highest BCUT2D eigenvalue weighted by atomic mass is 16.5. The molecule has 0 saturated carbocycles. The van der Waals surface area contributed by atoms with Gasteiger partial charge in [0.1, 0.15) is 6.61 Å². The van der Waals surface area contributed by atoms with Gasteiger partial charge in [0.2, 0.25) is 0 Å². The Morgan fingerprint density at radius 3 is 3.11 bits per heavy atom. The number of hydrogen-bond acceptors (Lipinski definition) is 4. The molecule has 0 aromatic carbocycles. The van der Waals surface area contributed by atoms with Crippen LogP contribution in [0.3, 0.4) is 0 Å². The minimum atomic E-state index is -0.223. The fourth-order valence-corrected chi connectivity index (χ4v) is 2.13. The predicted molar refractivity (Wildman–Crippen MR) is 69.9 cm³/mol. The lowest BCUT2D eigenvalue weighted by molar-refractivity contribution is -0.144. The first kappa shape index (κ1) is 13.8. The molecule has 5 nitrogen and oxygen atoms in total. The smallest absolute Gasteiger partial charge is 0.305 e. The second kappa shape index (κ2) is 7.09. The fraction of sp³-hybridized carbons (Fsp3) is 0.571. The third-order valence-electron chi connectivity index (χ3n) is 3.19. The summed E-state index contributed by atoms with van der Waals surface area (Å²) in [5, 5.41) is 0. The van der Waals surface area contributed by atoms with Gasteiger partial charge >= 0.3 is 5.97 Å². The van der Waals surface area contributed by atoms with E-state index in [4.69, 9.17) is 9.47 Å². The van der Waals surface area contributed by atoms with Crippen LogP contribution >= 0.6 is 0 Å². The van der Waals surface area contributed by atoms with E-state index in [2.05, 4.69) is 0 Å². The van der Waals surface area contributed by atoms with Gasteiger partial charge in [0.05, 0.1) is 12.6 Å². The molecule has 19 heavy (non-hydrogen) atoms. The van der Waals surface area contributed by atoms with E-state index in [1.807, 2.05) is 0 Å². The summed E-state index contributed by atoms with van der Waals surface area (Å²) in [6.45, 7) is 1.43. The molecule has 0 aliphatic carbocycles. The molecule has 1 saturated heterocycles. The van der Waals surface area contributed by atoms with Crippen molar-refractivity contribution in [3.63, 3.8) is 0 Å². The SMILES string of the molecule is O=C(CCC1CCCO1)OCCn1ccccc1=O. The summed E-state index contributed by atoms with van der Waals surface area (Å²) in [7, 11) is 0. The molecular weight excluding hydrogens is 246 g/mol. The van der Waals surface area contributed by atoms with Crippen LogP contribution in [0.15, 0.2) is 29.2 Å². The maximum Gasteiger partial charge on any atom is 0.305 e. The van der Waals surface area contributed by atoms with E-state index in [-0.39, 0.29) is 24.2 Å². The molecule has 0 spiro atoms. The first-order valence-electron chi connectivity index (χ1n) is 6.68. The van der Waals surface area contributed by atoms with Gasteiger partial charge in [0, 0.05) is 25.3 Å². The Morgan fingerprint density at radius 1 is 1.47 bits per heavy atom. The van der Waals surface area contributed by atoms with Gasteiger partial charge in [0.15, 0.2) is 0 Å². The van der Waals surface area contributed by atoms with Crippen molar-refractivity contribution in [1.82, 2.24) is 4.57 Å². The molecule has 1 aromatic heterocycles. The Morgan fingerprint density at radius 2 is 2.37 bits per heavy atom. The van der Waals surface area contributed by atoms with Gasteiger partial charge < -0.3 is 14.0 Å². The normalized spacial score (nSPS) is 18.4. The minimum absolute atomic E-state index is 0.0853. The zero-order valence-electron chi connectivity index (χ0n) is 10.9. The highest BCUT2D eigenvalue weighted by molar-refractivity contribution is 5.69. The molecule has 1 aliphatic rings. The lowest BCUT2D eigenvalue weighted by atomic mass is 10.1. The maximum absolute atomic E-state index is 11.5. The van der Waals surface area contributed by atoms with Gasteiger partial charge in [-0.3, -0.25) is 9.59 Å². The number of carbonyl (C=O) groups excluding carboxylic acids is 1. The number of aromatic nitrogens is 1. The number of esters is 1. The summed E-state index contributed by atoms with van der Waals surface area (Å²) in [5.74, 6) is -0.223. The van der Waals surface area contributed by atoms with Crippen LogP contribution in [0.25, 0.3) is 0 Å². The van der Waals surface area contributed by atoms with Crippen molar-refractivity contribution < 1.29 is 14.3 Å². The molecule has 104 valence electrons. The van der Waals surface area contributed by atoms with Crippen molar-refractivity contribution in [2.24, 2.45) is 0 Å². The van der Waals surface area contributed by atoms with Crippen molar-refractivity contribution in [1.29, 1.82) is 0 Å². The molecule has 2 heterocycles. The molecular formula is C14H19NO4. The molecule has 0 N–H and O–H groups in total. The molecule has 1 atom stereocenters. The Kier molecular flexibility index (Phi) is 5.15. The van der Waals surface area contributed by atoms with Crippen LogP contribution in [0.2, 0.25) is 0 Å². The second-order valence-electron chi connectivity index (χ2n) is 4.63. The number of nitrogens with zero attached hydrogens (tertiary/aromatic N) is 1. The van der Waals surface area contributed by atoms with E-state index in [0.717, 1.165) is 25.9 Å². The van der Waals surface area contributed by atoms with Gasteiger partial charge in [-0.2, -0.15) is 0 Å². The lowest BCUT2D eigenvalue weighted by Crippen LogP contribution is -2.21. The monoisotopic (exact) mass is 265 g/mol. The van der Waals surface area contributed by atoms with E-state index < -0.39 is 0 Å². The fourth-order valence-electron chi connectivity index (χ4n) is 2.13. The van der Waals surface area contributed by atoms with Gasteiger partial charge in [-0.25, -0.2) is 0 Å². The number of ether oxygens (including phenoxy) is 2. The minimum Gasteiger partial charge on any atom is -0.464 e. The summed E-state index contributed by atoms with van der Waals surface area (Å²) < 4.78 is 12.1. The quantitative estimate of drug-likeness (QED) is 0.729. The average Bonchev–Trinajstić information content (AvgIpc) is 2.92.